The summed E-state index contributed by atoms with van der Waals surface area (Å²) >= 11 is 0. The molecule has 2 N–H and O–H groups in total. The van der Waals surface area contributed by atoms with Crippen molar-refractivity contribution < 1.29 is 19.0 Å². The molecule has 0 saturated heterocycles. The van der Waals surface area contributed by atoms with Crippen LogP contribution in [0.3, 0.4) is 0 Å². The normalized spacial score (nSPS) is 10.8. The summed E-state index contributed by atoms with van der Waals surface area (Å²) in [6.45, 7) is 2.02. The van der Waals surface area contributed by atoms with Gasteiger partial charge in [0.25, 0.3) is 5.91 Å². The van der Waals surface area contributed by atoms with Gasteiger partial charge in [-0.15, -0.1) is 0 Å². The van der Waals surface area contributed by atoms with Gasteiger partial charge in [0.1, 0.15) is 5.75 Å². The minimum absolute atomic E-state index is 0.272. The van der Waals surface area contributed by atoms with Crippen molar-refractivity contribution >= 4 is 12.1 Å². The molecule has 29 heavy (non-hydrogen) atoms. The minimum Gasteiger partial charge on any atom is -0.496 e. The molecule has 0 aliphatic heterocycles. The fourth-order valence-electron chi connectivity index (χ4n) is 2.77. The van der Waals surface area contributed by atoms with Crippen LogP contribution < -0.4 is 19.6 Å². The van der Waals surface area contributed by atoms with Gasteiger partial charge in [-0.1, -0.05) is 29.8 Å². The lowest BCUT2D eigenvalue weighted by Gasteiger charge is -2.13. The number of aromatic amines is 1. The molecule has 1 amide bonds. The number of methoxy groups -OCH3 is 3. The number of aromatic nitrogens is 2. The average Bonchev–Trinajstić information content (AvgIpc) is 3.21. The molecular weight excluding hydrogens is 372 g/mol. The molecule has 8 heteroatoms. The predicted octanol–water partition coefficient (Wildman–Crippen LogP) is 3.17. The van der Waals surface area contributed by atoms with Gasteiger partial charge < -0.3 is 14.2 Å². The van der Waals surface area contributed by atoms with Crippen LogP contribution in [-0.4, -0.2) is 43.6 Å². The Morgan fingerprint density at radius 1 is 1.03 bits per heavy atom. The number of amides is 1. The van der Waals surface area contributed by atoms with Crippen LogP contribution >= 0.6 is 0 Å². The first-order chi connectivity index (χ1) is 14.1. The average molecular weight is 394 g/mol. The zero-order valence-electron chi connectivity index (χ0n) is 16.6. The van der Waals surface area contributed by atoms with Crippen LogP contribution in [-0.2, 0) is 0 Å². The van der Waals surface area contributed by atoms with Crippen LogP contribution in [0.4, 0.5) is 0 Å². The number of aryl methyl sites for hydroxylation is 1. The third-order valence-electron chi connectivity index (χ3n) is 4.33. The molecule has 3 rings (SSSR count). The second-order valence-corrected chi connectivity index (χ2v) is 6.17. The molecule has 1 aromatic heterocycles. The van der Waals surface area contributed by atoms with E-state index in [1.807, 2.05) is 31.2 Å². The van der Waals surface area contributed by atoms with Gasteiger partial charge in [0, 0.05) is 23.3 Å². The highest BCUT2D eigenvalue weighted by Crippen LogP contribution is 2.34. The number of carbonyl (C=O) groups is 1. The van der Waals surface area contributed by atoms with Crippen LogP contribution in [0.25, 0.3) is 11.3 Å². The lowest BCUT2D eigenvalue weighted by molar-refractivity contribution is 0.0951. The highest BCUT2D eigenvalue weighted by Gasteiger charge is 2.17. The Morgan fingerprint density at radius 3 is 2.34 bits per heavy atom. The van der Waals surface area contributed by atoms with Gasteiger partial charge in [-0.2, -0.15) is 10.2 Å². The first-order valence-corrected chi connectivity index (χ1v) is 8.81. The summed E-state index contributed by atoms with van der Waals surface area (Å²) in [6, 6.07) is 11.1. The maximum Gasteiger partial charge on any atom is 0.275 e. The fraction of sp³-hybridized carbons (Fsp3) is 0.190. The van der Waals surface area contributed by atoms with Crippen LogP contribution in [0.2, 0.25) is 0 Å². The van der Waals surface area contributed by atoms with Crippen LogP contribution in [0, 0.1) is 6.92 Å². The Morgan fingerprint density at radius 2 is 1.69 bits per heavy atom. The van der Waals surface area contributed by atoms with Crippen molar-refractivity contribution in [1.29, 1.82) is 0 Å². The lowest BCUT2D eigenvalue weighted by Crippen LogP contribution is -2.18. The summed E-state index contributed by atoms with van der Waals surface area (Å²) < 4.78 is 15.8. The zero-order chi connectivity index (χ0) is 20.8. The van der Waals surface area contributed by atoms with Crippen LogP contribution in [0.5, 0.6) is 17.2 Å². The van der Waals surface area contributed by atoms with Crippen LogP contribution in [0.15, 0.2) is 47.7 Å². The number of ether oxygens (including phenoxy) is 3. The van der Waals surface area contributed by atoms with Gasteiger partial charge in [0.15, 0.2) is 11.5 Å². The Balaban J connectivity index is 1.79. The minimum atomic E-state index is -0.445. The first kappa shape index (κ1) is 19.9. The van der Waals surface area contributed by atoms with Crippen molar-refractivity contribution in [1.82, 2.24) is 15.6 Å². The summed E-state index contributed by atoms with van der Waals surface area (Å²) in [5, 5.41) is 11.1. The zero-order valence-corrected chi connectivity index (χ0v) is 16.6. The Labute approximate surface area is 168 Å². The summed E-state index contributed by atoms with van der Waals surface area (Å²) in [7, 11) is 4.48. The number of H-pyrrole nitrogens is 1. The molecule has 8 nitrogen and oxygen atoms in total. The molecule has 0 aliphatic rings. The first-order valence-electron chi connectivity index (χ1n) is 8.81. The predicted molar refractivity (Wildman–Crippen MR) is 110 cm³/mol. The molecule has 0 saturated carbocycles. The quantitative estimate of drug-likeness (QED) is 0.474. The van der Waals surface area contributed by atoms with Crippen molar-refractivity contribution in [3.05, 3.63) is 59.3 Å². The van der Waals surface area contributed by atoms with Crippen molar-refractivity contribution in [3.8, 4) is 28.5 Å². The molecule has 0 spiro atoms. The molecule has 0 unspecified atom stereocenters. The van der Waals surface area contributed by atoms with Crippen molar-refractivity contribution in [3.63, 3.8) is 0 Å². The van der Waals surface area contributed by atoms with Crippen molar-refractivity contribution in [2.45, 2.75) is 6.92 Å². The molecule has 1 heterocycles. The highest BCUT2D eigenvalue weighted by molar-refractivity contribution is 5.98. The second kappa shape index (κ2) is 8.92. The number of hydrazone groups is 1. The number of hydrogen-bond donors (Lipinski definition) is 2. The van der Waals surface area contributed by atoms with E-state index in [1.165, 1.54) is 39.2 Å². The number of rotatable bonds is 7. The topological polar surface area (TPSA) is 97.8 Å². The number of nitrogens with zero attached hydrogens (tertiary/aromatic N) is 2. The Hall–Kier alpha value is -3.81. The van der Waals surface area contributed by atoms with Gasteiger partial charge in [0.05, 0.1) is 45.0 Å². The van der Waals surface area contributed by atoms with Gasteiger partial charge in [-0.25, -0.2) is 5.43 Å². The van der Waals surface area contributed by atoms with Crippen molar-refractivity contribution in [2.24, 2.45) is 5.10 Å². The number of carbonyl (C=O) groups excluding carboxylic acids is 1. The van der Waals surface area contributed by atoms with E-state index in [0.717, 1.165) is 16.8 Å². The number of hydrogen-bond acceptors (Lipinski definition) is 6. The van der Waals surface area contributed by atoms with Gasteiger partial charge in [-0.3, -0.25) is 9.89 Å². The smallest absolute Gasteiger partial charge is 0.275 e. The van der Waals surface area contributed by atoms with Gasteiger partial charge in [-0.05, 0) is 6.92 Å². The Kier molecular flexibility index (Phi) is 6.13. The molecule has 0 radical (unpaired) electrons. The molecule has 150 valence electrons. The van der Waals surface area contributed by atoms with E-state index < -0.39 is 5.91 Å². The second-order valence-electron chi connectivity index (χ2n) is 6.17. The van der Waals surface area contributed by atoms with E-state index in [2.05, 4.69) is 20.7 Å². The summed E-state index contributed by atoms with van der Waals surface area (Å²) in [6.07, 6.45) is 3.17. The van der Waals surface area contributed by atoms with E-state index in [9.17, 15) is 4.79 Å². The fourth-order valence-corrected chi connectivity index (χ4v) is 2.77. The maximum absolute atomic E-state index is 12.6. The van der Waals surface area contributed by atoms with E-state index in [0.29, 0.717) is 17.2 Å². The third kappa shape index (κ3) is 4.37. The Bertz CT molecular complexity index is 1030. The van der Waals surface area contributed by atoms with E-state index in [1.54, 1.807) is 12.3 Å². The molecule has 0 aliphatic carbocycles. The SMILES string of the molecule is COc1cc(OC)c(C(=O)NN=Cc2cn[nH]c2-c2ccc(C)cc2)cc1OC. The highest BCUT2D eigenvalue weighted by atomic mass is 16.5. The van der Waals surface area contributed by atoms with Crippen LogP contribution in [0.1, 0.15) is 21.5 Å². The summed E-state index contributed by atoms with van der Waals surface area (Å²) in [4.78, 5) is 12.6. The molecule has 3 aromatic rings. The van der Waals surface area contributed by atoms with Gasteiger partial charge in [0.2, 0.25) is 0 Å². The van der Waals surface area contributed by atoms with E-state index in [4.69, 9.17) is 14.2 Å². The summed E-state index contributed by atoms with van der Waals surface area (Å²) in [5.74, 6) is 0.780. The standard InChI is InChI=1S/C21H22N4O4/c1-13-5-7-14(8-6-13)20-15(11-22-24-20)12-23-25-21(26)16-9-18(28-3)19(29-4)10-17(16)27-2/h5-12H,1-4H3,(H,22,24)(H,25,26). The molecule has 0 bridgehead atoms. The molecule has 2 aromatic carbocycles. The maximum atomic E-state index is 12.6. The van der Waals surface area contributed by atoms with E-state index >= 15 is 0 Å². The van der Waals surface area contributed by atoms with Crippen molar-refractivity contribution in [2.75, 3.05) is 21.3 Å². The molecule has 0 fully saturated rings. The monoisotopic (exact) mass is 394 g/mol. The molecular formula is C21H22N4O4. The lowest BCUT2D eigenvalue weighted by atomic mass is 10.1. The third-order valence-corrected chi connectivity index (χ3v) is 4.33. The number of benzene rings is 2. The summed E-state index contributed by atoms with van der Waals surface area (Å²) in [5.41, 5.74) is 6.47. The molecule has 0 atom stereocenters. The van der Waals surface area contributed by atoms with Gasteiger partial charge >= 0.3 is 0 Å². The number of nitrogens with one attached hydrogen (secondary N) is 2. The largest absolute Gasteiger partial charge is 0.496 e. The van der Waals surface area contributed by atoms with E-state index in [-0.39, 0.29) is 5.56 Å².